The first kappa shape index (κ1) is 20.5. The van der Waals surface area contributed by atoms with Gasteiger partial charge in [-0.3, -0.25) is 4.90 Å². The number of rotatable bonds is 9. The van der Waals surface area contributed by atoms with Gasteiger partial charge in [-0.15, -0.1) is 0 Å². The molecule has 1 atom stereocenters. The summed E-state index contributed by atoms with van der Waals surface area (Å²) in [6.45, 7) is 2.04. The molecule has 1 aliphatic heterocycles. The lowest BCUT2D eigenvalue weighted by Crippen LogP contribution is -2.48. The van der Waals surface area contributed by atoms with Gasteiger partial charge < -0.3 is 23.7 Å². The van der Waals surface area contributed by atoms with Crippen molar-refractivity contribution >= 4 is 5.97 Å². The molecule has 26 heavy (non-hydrogen) atoms. The van der Waals surface area contributed by atoms with E-state index in [0.29, 0.717) is 30.3 Å². The molecule has 7 heteroatoms. The van der Waals surface area contributed by atoms with Gasteiger partial charge in [-0.25, -0.2) is 4.79 Å². The van der Waals surface area contributed by atoms with Crippen molar-refractivity contribution in [3.63, 3.8) is 0 Å². The molecular weight excluding hydrogens is 338 g/mol. The fraction of sp³-hybridized carbons (Fsp3) is 0.632. The summed E-state index contributed by atoms with van der Waals surface area (Å²) in [4.78, 5) is 15.1. The molecule has 1 saturated heterocycles. The summed E-state index contributed by atoms with van der Waals surface area (Å²) >= 11 is 0. The first-order valence-corrected chi connectivity index (χ1v) is 8.83. The van der Waals surface area contributed by atoms with Crippen LogP contribution in [0.25, 0.3) is 0 Å². The van der Waals surface area contributed by atoms with Crippen molar-refractivity contribution in [1.82, 2.24) is 4.90 Å². The number of carbonyl (C=O) groups is 1. The molecular formula is C19H29NO6. The number of benzene rings is 1. The molecule has 0 amide bonds. The topological polar surface area (TPSA) is 66.5 Å². The normalized spacial score (nSPS) is 16.9. The van der Waals surface area contributed by atoms with E-state index in [1.54, 1.807) is 32.4 Å². The molecule has 2 rings (SSSR count). The van der Waals surface area contributed by atoms with Gasteiger partial charge in [0.2, 0.25) is 5.75 Å². The van der Waals surface area contributed by atoms with Gasteiger partial charge in [0.25, 0.3) is 0 Å². The number of ether oxygens (including phenoxy) is 5. The van der Waals surface area contributed by atoms with E-state index in [1.807, 2.05) is 0 Å². The summed E-state index contributed by atoms with van der Waals surface area (Å²) in [6, 6.07) is 4.87. The highest BCUT2D eigenvalue weighted by Crippen LogP contribution is 2.37. The van der Waals surface area contributed by atoms with Crippen LogP contribution in [0.15, 0.2) is 18.2 Å². The standard InChI is InChI=1S/C19H29NO6/c1-22-13-10-15(20-11-8-14(23-2)9-12-20)19(21)26-18-16(24-3)6-5-7-17(18)25-4/h5-7,14-15H,8-13H2,1-4H3. The molecule has 0 saturated carbocycles. The number of piperidine rings is 1. The molecule has 0 aromatic heterocycles. The summed E-state index contributed by atoms with van der Waals surface area (Å²) < 4.78 is 26.9. The molecule has 0 N–H and O–H groups in total. The van der Waals surface area contributed by atoms with E-state index in [-0.39, 0.29) is 18.1 Å². The highest BCUT2D eigenvalue weighted by atomic mass is 16.6. The molecule has 1 heterocycles. The van der Waals surface area contributed by atoms with E-state index in [2.05, 4.69) is 4.90 Å². The molecule has 1 fully saturated rings. The van der Waals surface area contributed by atoms with Crippen molar-refractivity contribution < 1.29 is 28.5 Å². The Morgan fingerprint density at radius 3 is 2.23 bits per heavy atom. The van der Waals surface area contributed by atoms with Crippen molar-refractivity contribution in [2.24, 2.45) is 0 Å². The Kier molecular flexibility index (Phi) is 8.15. The smallest absolute Gasteiger partial charge is 0.329 e. The fourth-order valence-corrected chi connectivity index (χ4v) is 3.19. The van der Waals surface area contributed by atoms with Crippen molar-refractivity contribution in [2.45, 2.75) is 31.4 Å². The van der Waals surface area contributed by atoms with E-state index in [0.717, 1.165) is 25.9 Å². The van der Waals surface area contributed by atoms with Crippen LogP contribution < -0.4 is 14.2 Å². The van der Waals surface area contributed by atoms with Gasteiger partial charge in [-0.1, -0.05) is 6.07 Å². The monoisotopic (exact) mass is 367 g/mol. The number of esters is 1. The molecule has 0 spiro atoms. The summed E-state index contributed by atoms with van der Waals surface area (Å²) in [5.74, 6) is 0.889. The largest absolute Gasteiger partial charge is 0.493 e. The number of hydrogen-bond acceptors (Lipinski definition) is 7. The Hall–Kier alpha value is -1.83. The maximum atomic E-state index is 12.9. The highest BCUT2D eigenvalue weighted by Gasteiger charge is 2.32. The van der Waals surface area contributed by atoms with Gasteiger partial charge >= 0.3 is 5.97 Å². The zero-order valence-electron chi connectivity index (χ0n) is 16.0. The summed E-state index contributed by atoms with van der Waals surface area (Å²) in [7, 11) is 6.42. The van der Waals surface area contributed by atoms with E-state index < -0.39 is 0 Å². The van der Waals surface area contributed by atoms with Gasteiger partial charge in [-0.2, -0.15) is 0 Å². The molecule has 0 bridgehead atoms. The van der Waals surface area contributed by atoms with Crippen LogP contribution in [0.1, 0.15) is 19.3 Å². The fourth-order valence-electron chi connectivity index (χ4n) is 3.19. The van der Waals surface area contributed by atoms with Crippen molar-refractivity contribution in [3.05, 3.63) is 18.2 Å². The lowest BCUT2D eigenvalue weighted by atomic mass is 10.0. The predicted molar refractivity (Wildman–Crippen MR) is 97.1 cm³/mol. The van der Waals surface area contributed by atoms with Gasteiger partial charge in [-0.05, 0) is 31.4 Å². The number of nitrogens with zero attached hydrogens (tertiary/aromatic N) is 1. The Bertz CT molecular complexity index is 549. The van der Waals surface area contributed by atoms with Crippen LogP contribution in [-0.2, 0) is 14.3 Å². The van der Waals surface area contributed by atoms with E-state index in [1.165, 1.54) is 14.2 Å². The summed E-state index contributed by atoms with van der Waals surface area (Å²) in [5, 5.41) is 0. The molecule has 1 aromatic rings. The molecule has 1 aromatic carbocycles. The average Bonchev–Trinajstić information content (AvgIpc) is 2.68. The number of likely N-dealkylation sites (tertiary alicyclic amines) is 1. The van der Waals surface area contributed by atoms with E-state index in [4.69, 9.17) is 23.7 Å². The molecule has 0 radical (unpaired) electrons. The SMILES string of the molecule is COCCC(C(=O)Oc1c(OC)cccc1OC)N1CCC(OC)CC1. The minimum absolute atomic E-state index is 0.250. The minimum Gasteiger partial charge on any atom is -0.493 e. The molecule has 146 valence electrons. The van der Waals surface area contributed by atoms with Crippen LogP contribution in [0, 0.1) is 0 Å². The first-order valence-electron chi connectivity index (χ1n) is 8.83. The van der Waals surface area contributed by atoms with Gasteiger partial charge in [0.05, 0.1) is 20.3 Å². The van der Waals surface area contributed by atoms with Crippen molar-refractivity contribution in [2.75, 3.05) is 48.1 Å². The van der Waals surface area contributed by atoms with Crippen LogP contribution in [-0.4, -0.2) is 71.2 Å². The zero-order valence-corrected chi connectivity index (χ0v) is 16.0. The third kappa shape index (κ3) is 5.09. The van der Waals surface area contributed by atoms with Crippen LogP contribution in [0.3, 0.4) is 0 Å². The Morgan fingerprint density at radius 2 is 1.73 bits per heavy atom. The number of para-hydroxylation sites is 1. The molecule has 0 aliphatic carbocycles. The Balaban J connectivity index is 2.14. The predicted octanol–water partition coefficient (Wildman–Crippen LogP) is 2.13. The molecule has 7 nitrogen and oxygen atoms in total. The molecule has 1 unspecified atom stereocenters. The van der Waals surface area contributed by atoms with Crippen LogP contribution in [0.4, 0.5) is 0 Å². The lowest BCUT2D eigenvalue weighted by Gasteiger charge is -2.35. The van der Waals surface area contributed by atoms with E-state index >= 15 is 0 Å². The second kappa shape index (κ2) is 10.4. The number of methoxy groups -OCH3 is 4. The van der Waals surface area contributed by atoms with Crippen LogP contribution in [0.5, 0.6) is 17.2 Å². The van der Waals surface area contributed by atoms with Gasteiger partial charge in [0.1, 0.15) is 6.04 Å². The average molecular weight is 367 g/mol. The van der Waals surface area contributed by atoms with Gasteiger partial charge in [0.15, 0.2) is 11.5 Å². The Morgan fingerprint density at radius 1 is 1.12 bits per heavy atom. The minimum atomic E-state index is -0.387. The third-order valence-corrected chi connectivity index (χ3v) is 4.70. The second-order valence-electron chi connectivity index (χ2n) is 6.18. The summed E-state index contributed by atoms with van der Waals surface area (Å²) in [6.07, 6.45) is 2.60. The quantitative estimate of drug-likeness (QED) is 0.489. The van der Waals surface area contributed by atoms with Gasteiger partial charge in [0, 0.05) is 33.9 Å². The van der Waals surface area contributed by atoms with Crippen LogP contribution >= 0.6 is 0 Å². The lowest BCUT2D eigenvalue weighted by molar-refractivity contribution is -0.142. The maximum absolute atomic E-state index is 12.9. The van der Waals surface area contributed by atoms with Crippen molar-refractivity contribution in [3.8, 4) is 17.2 Å². The highest BCUT2D eigenvalue weighted by molar-refractivity contribution is 5.80. The first-order chi connectivity index (χ1) is 12.6. The Labute approximate surface area is 155 Å². The van der Waals surface area contributed by atoms with Crippen LogP contribution in [0.2, 0.25) is 0 Å². The second-order valence-corrected chi connectivity index (χ2v) is 6.18. The number of carbonyl (C=O) groups excluding carboxylic acids is 1. The molecule has 1 aliphatic rings. The number of hydrogen-bond donors (Lipinski definition) is 0. The maximum Gasteiger partial charge on any atom is 0.329 e. The zero-order chi connectivity index (χ0) is 18.9. The third-order valence-electron chi connectivity index (χ3n) is 4.70. The van der Waals surface area contributed by atoms with E-state index in [9.17, 15) is 4.79 Å². The van der Waals surface area contributed by atoms with Crippen molar-refractivity contribution in [1.29, 1.82) is 0 Å². The summed E-state index contributed by atoms with van der Waals surface area (Å²) in [5.41, 5.74) is 0.